The first-order chi connectivity index (χ1) is 10.2. The van der Waals surface area contributed by atoms with Gasteiger partial charge in [-0.3, -0.25) is 4.68 Å². The van der Waals surface area contributed by atoms with Gasteiger partial charge in [0, 0.05) is 18.8 Å². The fraction of sp³-hybridized carbons (Fsp3) is 0.438. The van der Waals surface area contributed by atoms with Gasteiger partial charge >= 0.3 is 0 Å². The van der Waals surface area contributed by atoms with E-state index < -0.39 is 0 Å². The van der Waals surface area contributed by atoms with E-state index in [0.717, 1.165) is 30.3 Å². The van der Waals surface area contributed by atoms with E-state index in [-0.39, 0.29) is 0 Å². The molecular formula is C16H23N3O2. The summed E-state index contributed by atoms with van der Waals surface area (Å²) in [7, 11) is 1.65. The van der Waals surface area contributed by atoms with Crippen LogP contribution in [0.2, 0.25) is 0 Å². The molecule has 0 saturated carbocycles. The quantitative estimate of drug-likeness (QED) is 0.811. The highest BCUT2D eigenvalue weighted by Crippen LogP contribution is 2.16. The van der Waals surface area contributed by atoms with Crippen LogP contribution in [-0.2, 0) is 13.1 Å². The Morgan fingerprint density at radius 2 is 1.86 bits per heavy atom. The summed E-state index contributed by atoms with van der Waals surface area (Å²) in [5, 5.41) is 7.84. The molecule has 1 heterocycles. The van der Waals surface area contributed by atoms with Gasteiger partial charge in [0.2, 0.25) is 0 Å². The lowest BCUT2D eigenvalue weighted by Crippen LogP contribution is -2.22. The Morgan fingerprint density at radius 1 is 1.14 bits per heavy atom. The molecule has 0 aliphatic carbocycles. The topological polar surface area (TPSA) is 48.3 Å². The van der Waals surface area contributed by atoms with Crippen molar-refractivity contribution in [3.8, 4) is 11.5 Å². The van der Waals surface area contributed by atoms with Gasteiger partial charge in [-0.25, -0.2) is 0 Å². The SMILES string of the molecule is COc1ccc(OCCn2ccc(CNC(C)C)n2)cc1. The zero-order chi connectivity index (χ0) is 15.1. The van der Waals surface area contributed by atoms with Crippen molar-refractivity contribution in [1.29, 1.82) is 0 Å². The highest BCUT2D eigenvalue weighted by molar-refractivity contribution is 5.31. The van der Waals surface area contributed by atoms with Gasteiger partial charge in [-0.2, -0.15) is 5.10 Å². The minimum atomic E-state index is 0.466. The van der Waals surface area contributed by atoms with E-state index in [2.05, 4.69) is 24.3 Å². The Hall–Kier alpha value is -2.01. The van der Waals surface area contributed by atoms with Crippen molar-refractivity contribution < 1.29 is 9.47 Å². The van der Waals surface area contributed by atoms with E-state index in [1.165, 1.54) is 0 Å². The van der Waals surface area contributed by atoms with Gasteiger partial charge in [0.15, 0.2) is 0 Å². The van der Waals surface area contributed by atoms with Gasteiger partial charge in [0.25, 0.3) is 0 Å². The Balaban J connectivity index is 1.75. The first-order valence-corrected chi connectivity index (χ1v) is 7.20. The average Bonchev–Trinajstić information content (AvgIpc) is 2.94. The zero-order valence-electron chi connectivity index (χ0n) is 12.9. The second-order valence-corrected chi connectivity index (χ2v) is 5.13. The molecule has 1 N–H and O–H groups in total. The van der Waals surface area contributed by atoms with Crippen molar-refractivity contribution in [3.05, 3.63) is 42.2 Å². The molecule has 1 aromatic heterocycles. The molecule has 21 heavy (non-hydrogen) atoms. The van der Waals surface area contributed by atoms with Gasteiger partial charge in [0.05, 0.1) is 19.3 Å². The smallest absolute Gasteiger partial charge is 0.119 e. The van der Waals surface area contributed by atoms with Crippen LogP contribution < -0.4 is 14.8 Å². The number of hydrogen-bond donors (Lipinski definition) is 1. The second-order valence-electron chi connectivity index (χ2n) is 5.13. The van der Waals surface area contributed by atoms with E-state index in [9.17, 15) is 0 Å². The number of nitrogens with zero attached hydrogens (tertiary/aromatic N) is 2. The summed E-state index contributed by atoms with van der Waals surface area (Å²) in [6.45, 7) is 6.36. The van der Waals surface area contributed by atoms with Gasteiger partial charge in [-0.05, 0) is 30.3 Å². The van der Waals surface area contributed by atoms with E-state index in [0.29, 0.717) is 12.6 Å². The van der Waals surface area contributed by atoms with Crippen molar-refractivity contribution >= 4 is 0 Å². The normalized spacial score (nSPS) is 10.9. The maximum atomic E-state index is 5.68. The van der Waals surface area contributed by atoms with E-state index >= 15 is 0 Å². The standard InChI is InChI=1S/C16H23N3O2/c1-13(2)17-12-14-8-9-19(18-14)10-11-21-16-6-4-15(20-3)5-7-16/h4-9,13,17H,10-12H2,1-3H3. The van der Waals surface area contributed by atoms with E-state index in [1.54, 1.807) is 7.11 Å². The average molecular weight is 289 g/mol. The second kappa shape index (κ2) is 7.69. The third-order valence-electron chi connectivity index (χ3n) is 3.04. The largest absolute Gasteiger partial charge is 0.497 e. The Kier molecular flexibility index (Phi) is 5.63. The first-order valence-electron chi connectivity index (χ1n) is 7.20. The van der Waals surface area contributed by atoms with Crippen LogP contribution in [0.25, 0.3) is 0 Å². The monoisotopic (exact) mass is 289 g/mol. The predicted octanol–water partition coefficient (Wildman–Crippen LogP) is 2.47. The van der Waals surface area contributed by atoms with Crippen molar-refractivity contribution in [1.82, 2.24) is 15.1 Å². The molecule has 0 amide bonds. The van der Waals surface area contributed by atoms with Gasteiger partial charge in [-0.1, -0.05) is 13.8 Å². The summed E-state index contributed by atoms with van der Waals surface area (Å²) in [4.78, 5) is 0. The van der Waals surface area contributed by atoms with Gasteiger partial charge in [0.1, 0.15) is 18.1 Å². The van der Waals surface area contributed by atoms with Crippen LogP contribution in [0.3, 0.4) is 0 Å². The highest BCUT2D eigenvalue weighted by Gasteiger charge is 2.01. The lowest BCUT2D eigenvalue weighted by atomic mass is 10.3. The Bertz CT molecular complexity index is 535. The molecule has 0 atom stereocenters. The molecular weight excluding hydrogens is 266 g/mol. The molecule has 0 spiro atoms. The van der Waals surface area contributed by atoms with Gasteiger partial charge in [-0.15, -0.1) is 0 Å². The molecule has 114 valence electrons. The molecule has 0 fully saturated rings. The van der Waals surface area contributed by atoms with Crippen molar-refractivity contribution in [2.75, 3.05) is 13.7 Å². The molecule has 0 aliphatic heterocycles. The molecule has 0 bridgehead atoms. The number of nitrogens with one attached hydrogen (secondary N) is 1. The Labute approximate surface area is 125 Å². The maximum Gasteiger partial charge on any atom is 0.119 e. The third-order valence-corrected chi connectivity index (χ3v) is 3.04. The number of hydrogen-bond acceptors (Lipinski definition) is 4. The minimum Gasteiger partial charge on any atom is -0.497 e. The minimum absolute atomic E-state index is 0.466. The molecule has 5 heteroatoms. The zero-order valence-corrected chi connectivity index (χ0v) is 12.9. The number of benzene rings is 1. The molecule has 0 aliphatic rings. The fourth-order valence-electron chi connectivity index (χ4n) is 1.86. The fourth-order valence-corrected chi connectivity index (χ4v) is 1.86. The van der Waals surface area contributed by atoms with Crippen LogP contribution in [0.15, 0.2) is 36.5 Å². The summed E-state index contributed by atoms with van der Waals surface area (Å²) in [5.74, 6) is 1.67. The molecule has 0 unspecified atom stereocenters. The molecule has 1 aromatic carbocycles. The number of aromatic nitrogens is 2. The number of methoxy groups -OCH3 is 1. The lowest BCUT2D eigenvalue weighted by Gasteiger charge is -2.07. The van der Waals surface area contributed by atoms with Crippen LogP contribution >= 0.6 is 0 Å². The van der Waals surface area contributed by atoms with Crippen LogP contribution in [0, 0.1) is 0 Å². The molecule has 2 aromatic rings. The number of ether oxygens (including phenoxy) is 2. The van der Waals surface area contributed by atoms with Crippen LogP contribution in [-0.4, -0.2) is 29.5 Å². The molecule has 0 radical (unpaired) electrons. The summed E-state index contributed by atoms with van der Waals surface area (Å²) in [6, 6.07) is 10.1. The lowest BCUT2D eigenvalue weighted by molar-refractivity contribution is 0.290. The highest BCUT2D eigenvalue weighted by atomic mass is 16.5. The maximum absolute atomic E-state index is 5.68. The van der Waals surface area contributed by atoms with Crippen molar-refractivity contribution in [2.24, 2.45) is 0 Å². The van der Waals surface area contributed by atoms with Gasteiger partial charge < -0.3 is 14.8 Å². The Morgan fingerprint density at radius 3 is 2.52 bits per heavy atom. The summed E-state index contributed by atoms with van der Waals surface area (Å²) in [5.41, 5.74) is 1.05. The van der Waals surface area contributed by atoms with Crippen molar-refractivity contribution in [2.45, 2.75) is 33.0 Å². The molecule has 5 nitrogen and oxygen atoms in total. The van der Waals surface area contributed by atoms with E-state index in [4.69, 9.17) is 9.47 Å². The molecule has 2 rings (SSSR count). The van der Waals surface area contributed by atoms with E-state index in [1.807, 2.05) is 41.2 Å². The summed E-state index contributed by atoms with van der Waals surface area (Å²) < 4.78 is 12.7. The molecule has 0 saturated heterocycles. The summed E-state index contributed by atoms with van der Waals surface area (Å²) >= 11 is 0. The number of rotatable bonds is 8. The van der Waals surface area contributed by atoms with Crippen LogP contribution in [0.1, 0.15) is 19.5 Å². The van der Waals surface area contributed by atoms with Crippen molar-refractivity contribution in [3.63, 3.8) is 0 Å². The summed E-state index contributed by atoms with van der Waals surface area (Å²) in [6.07, 6.45) is 1.98. The van der Waals surface area contributed by atoms with Crippen LogP contribution in [0.5, 0.6) is 11.5 Å². The first kappa shape index (κ1) is 15.4. The predicted molar refractivity (Wildman–Crippen MR) is 82.7 cm³/mol. The van der Waals surface area contributed by atoms with Crippen LogP contribution in [0.4, 0.5) is 0 Å². The third kappa shape index (κ3) is 5.11.